The van der Waals surface area contributed by atoms with Gasteiger partial charge in [-0.1, -0.05) is 13.3 Å². The van der Waals surface area contributed by atoms with Gasteiger partial charge in [0.2, 0.25) is 0 Å². The fourth-order valence-corrected chi connectivity index (χ4v) is 2.34. The van der Waals surface area contributed by atoms with Gasteiger partial charge in [0.1, 0.15) is 17.4 Å². The fraction of sp³-hybridized carbons (Fsp3) is 0.350. The first-order valence-electron chi connectivity index (χ1n) is 8.65. The summed E-state index contributed by atoms with van der Waals surface area (Å²) in [6, 6.07) is 7.94. The number of ether oxygens (including phenoxy) is 2. The number of carbonyl (C=O) groups excluding carboxylic acids is 1. The number of amides is 1. The van der Waals surface area contributed by atoms with Gasteiger partial charge in [-0.15, -0.1) is 0 Å². The van der Waals surface area contributed by atoms with E-state index in [9.17, 15) is 13.6 Å². The van der Waals surface area contributed by atoms with E-state index in [4.69, 9.17) is 9.47 Å². The molecule has 0 spiro atoms. The zero-order valence-electron chi connectivity index (χ0n) is 15.0. The number of carbonyl (C=O) groups is 1. The molecule has 26 heavy (non-hydrogen) atoms. The lowest BCUT2D eigenvalue weighted by Gasteiger charge is -2.13. The maximum absolute atomic E-state index is 13.7. The number of anilines is 1. The van der Waals surface area contributed by atoms with Gasteiger partial charge in [0.25, 0.3) is 5.91 Å². The SMILES string of the molecule is CCCCOCc1cc(C(=O)Nc2ccc(F)cc2F)ccc1OCC. The van der Waals surface area contributed by atoms with Crippen LogP contribution in [0.5, 0.6) is 5.75 Å². The van der Waals surface area contributed by atoms with Crippen LogP contribution in [0.3, 0.4) is 0 Å². The molecule has 0 heterocycles. The van der Waals surface area contributed by atoms with Crippen LogP contribution < -0.4 is 10.1 Å². The second kappa shape index (κ2) is 9.87. The Labute approximate surface area is 152 Å². The second-order valence-corrected chi connectivity index (χ2v) is 5.74. The standard InChI is InChI=1S/C20H23F2NO3/c1-3-5-10-25-13-15-11-14(6-9-19(15)26-4-2)20(24)23-18-8-7-16(21)12-17(18)22/h6-9,11-12H,3-5,10,13H2,1-2H3,(H,23,24). The average molecular weight is 363 g/mol. The molecule has 4 nitrogen and oxygen atoms in total. The minimum atomic E-state index is -0.826. The molecule has 0 fully saturated rings. The molecule has 0 unspecified atom stereocenters. The highest BCUT2D eigenvalue weighted by atomic mass is 19.1. The van der Waals surface area contributed by atoms with Crippen molar-refractivity contribution in [2.75, 3.05) is 18.5 Å². The predicted octanol–water partition coefficient (Wildman–Crippen LogP) is 4.93. The Morgan fingerprint density at radius 3 is 2.62 bits per heavy atom. The van der Waals surface area contributed by atoms with Gasteiger partial charge in [-0.2, -0.15) is 0 Å². The van der Waals surface area contributed by atoms with Crippen LogP contribution in [-0.4, -0.2) is 19.1 Å². The van der Waals surface area contributed by atoms with Crippen molar-refractivity contribution in [2.24, 2.45) is 0 Å². The Morgan fingerprint density at radius 2 is 1.92 bits per heavy atom. The predicted molar refractivity (Wildman–Crippen MR) is 96.5 cm³/mol. The summed E-state index contributed by atoms with van der Waals surface area (Å²) < 4.78 is 37.9. The van der Waals surface area contributed by atoms with Crippen molar-refractivity contribution in [3.05, 3.63) is 59.2 Å². The molecule has 0 aliphatic carbocycles. The highest BCUT2D eigenvalue weighted by molar-refractivity contribution is 6.04. The van der Waals surface area contributed by atoms with Crippen LogP contribution >= 0.6 is 0 Å². The highest BCUT2D eigenvalue weighted by Crippen LogP contribution is 2.23. The van der Waals surface area contributed by atoms with E-state index in [-0.39, 0.29) is 5.69 Å². The number of hydrogen-bond acceptors (Lipinski definition) is 3. The molecule has 0 saturated carbocycles. The van der Waals surface area contributed by atoms with E-state index in [1.807, 2.05) is 6.92 Å². The van der Waals surface area contributed by atoms with Crippen LogP contribution in [0.25, 0.3) is 0 Å². The van der Waals surface area contributed by atoms with Crippen molar-refractivity contribution in [2.45, 2.75) is 33.3 Å². The third-order valence-electron chi connectivity index (χ3n) is 3.70. The fourth-order valence-electron chi connectivity index (χ4n) is 2.34. The lowest BCUT2D eigenvalue weighted by atomic mass is 10.1. The van der Waals surface area contributed by atoms with Crippen LogP contribution in [0.4, 0.5) is 14.5 Å². The molecule has 0 radical (unpaired) electrons. The summed E-state index contributed by atoms with van der Waals surface area (Å²) in [6.45, 7) is 5.39. The molecular formula is C20H23F2NO3. The maximum atomic E-state index is 13.7. The summed E-state index contributed by atoms with van der Waals surface area (Å²) in [5.41, 5.74) is 1.01. The van der Waals surface area contributed by atoms with Gasteiger partial charge < -0.3 is 14.8 Å². The van der Waals surface area contributed by atoms with Crippen LogP contribution in [0.1, 0.15) is 42.6 Å². The van der Waals surface area contributed by atoms with Crippen molar-refractivity contribution in [1.82, 2.24) is 0 Å². The van der Waals surface area contributed by atoms with Crippen molar-refractivity contribution >= 4 is 11.6 Å². The van der Waals surface area contributed by atoms with Crippen molar-refractivity contribution in [3.63, 3.8) is 0 Å². The molecule has 2 aromatic rings. The van der Waals surface area contributed by atoms with Gasteiger partial charge in [0.05, 0.1) is 18.9 Å². The van der Waals surface area contributed by atoms with Crippen molar-refractivity contribution in [1.29, 1.82) is 0 Å². The van der Waals surface area contributed by atoms with Gasteiger partial charge in [0, 0.05) is 23.8 Å². The number of benzene rings is 2. The summed E-state index contributed by atoms with van der Waals surface area (Å²) in [5.74, 6) is -1.37. The number of hydrogen-bond donors (Lipinski definition) is 1. The lowest BCUT2D eigenvalue weighted by molar-refractivity contribution is 0.102. The van der Waals surface area contributed by atoms with Crippen LogP contribution in [-0.2, 0) is 11.3 Å². The quantitative estimate of drug-likeness (QED) is 0.643. The molecule has 0 saturated heterocycles. The monoisotopic (exact) mass is 363 g/mol. The number of nitrogens with one attached hydrogen (secondary N) is 1. The summed E-state index contributed by atoms with van der Waals surface area (Å²) >= 11 is 0. The van der Waals surface area contributed by atoms with E-state index in [1.54, 1.807) is 18.2 Å². The first kappa shape index (κ1) is 19.8. The van der Waals surface area contributed by atoms with Gasteiger partial charge in [-0.3, -0.25) is 4.79 Å². The highest BCUT2D eigenvalue weighted by Gasteiger charge is 2.13. The molecular weight excluding hydrogens is 340 g/mol. The van der Waals surface area contributed by atoms with E-state index in [0.29, 0.717) is 31.1 Å². The minimum absolute atomic E-state index is 0.0777. The zero-order valence-corrected chi connectivity index (χ0v) is 15.0. The topological polar surface area (TPSA) is 47.6 Å². The summed E-state index contributed by atoms with van der Waals surface area (Å²) in [5, 5.41) is 2.45. The van der Waals surface area contributed by atoms with Gasteiger partial charge in [-0.25, -0.2) is 8.78 Å². The molecule has 1 amide bonds. The van der Waals surface area contributed by atoms with E-state index >= 15 is 0 Å². The molecule has 0 atom stereocenters. The van der Waals surface area contributed by atoms with Crippen LogP contribution in [0.2, 0.25) is 0 Å². The second-order valence-electron chi connectivity index (χ2n) is 5.74. The van der Waals surface area contributed by atoms with Crippen molar-refractivity contribution in [3.8, 4) is 5.75 Å². The van der Waals surface area contributed by atoms with E-state index in [1.165, 1.54) is 6.07 Å². The summed E-state index contributed by atoms with van der Waals surface area (Å²) in [6.07, 6.45) is 1.98. The lowest BCUT2D eigenvalue weighted by Crippen LogP contribution is -2.14. The van der Waals surface area contributed by atoms with Crippen LogP contribution in [0.15, 0.2) is 36.4 Å². The third kappa shape index (κ3) is 5.52. The number of rotatable bonds is 9. The third-order valence-corrected chi connectivity index (χ3v) is 3.70. The normalized spacial score (nSPS) is 10.6. The first-order valence-corrected chi connectivity index (χ1v) is 8.65. The maximum Gasteiger partial charge on any atom is 0.255 e. The Hall–Kier alpha value is -2.47. The van der Waals surface area contributed by atoms with Gasteiger partial charge in [0.15, 0.2) is 0 Å². The Morgan fingerprint density at radius 1 is 1.12 bits per heavy atom. The van der Waals surface area contributed by atoms with E-state index in [0.717, 1.165) is 30.5 Å². The summed E-state index contributed by atoms with van der Waals surface area (Å²) in [4.78, 5) is 12.4. The molecule has 2 aromatic carbocycles. The molecule has 1 N–H and O–H groups in total. The first-order chi connectivity index (χ1) is 12.5. The van der Waals surface area contributed by atoms with Crippen LogP contribution in [0, 0.1) is 11.6 Å². The largest absolute Gasteiger partial charge is 0.494 e. The molecule has 140 valence electrons. The Balaban J connectivity index is 2.15. The molecule has 0 aliphatic heterocycles. The number of halogens is 2. The minimum Gasteiger partial charge on any atom is -0.494 e. The molecule has 0 aromatic heterocycles. The van der Waals surface area contributed by atoms with E-state index < -0.39 is 17.5 Å². The Bertz CT molecular complexity index is 750. The number of unbranched alkanes of at least 4 members (excludes halogenated alkanes) is 1. The van der Waals surface area contributed by atoms with Gasteiger partial charge >= 0.3 is 0 Å². The molecule has 2 rings (SSSR count). The summed E-state index contributed by atoms with van der Waals surface area (Å²) in [7, 11) is 0. The molecule has 0 bridgehead atoms. The Kier molecular flexibility index (Phi) is 7.53. The van der Waals surface area contributed by atoms with Gasteiger partial charge in [-0.05, 0) is 43.7 Å². The van der Waals surface area contributed by atoms with Crippen molar-refractivity contribution < 1.29 is 23.0 Å². The average Bonchev–Trinajstić information content (AvgIpc) is 2.62. The van der Waals surface area contributed by atoms with E-state index in [2.05, 4.69) is 12.2 Å². The smallest absolute Gasteiger partial charge is 0.255 e. The molecule has 0 aliphatic rings. The zero-order chi connectivity index (χ0) is 18.9. The molecule has 6 heteroatoms.